The van der Waals surface area contributed by atoms with Crippen molar-refractivity contribution < 1.29 is 18.1 Å². The Morgan fingerprint density at radius 1 is 0.523 bits per heavy atom. The van der Waals surface area contributed by atoms with E-state index < -0.39 is 48.3 Å². The molecule has 3 aromatic heterocycles. The summed E-state index contributed by atoms with van der Waals surface area (Å²) in [7, 11) is 0. The van der Waals surface area contributed by atoms with Crippen LogP contribution >= 0.6 is 0 Å². The molecular weight excluding hydrogens is 540 g/mol. The highest BCUT2D eigenvalue weighted by atomic mass is 16.3. The molecule has 206 valence electrons. The Morgan fingerprint density at radius 2 is 1.18 bits per heavy atom. The lowest BCUT2D eigenvalue weighted by atomic mass is 10.0. The Kier molecular flexibility index (Phi) is 3.66. The minimum Gasteiger partial charge on any atom is -0.456 e. The predicted molar refractivity (Wildman–Crippen MR) is 178 cm³/mol. The first-order valence-corrected chi connectivity index (χ1v) is 13.8. The van der Waals surface area contributed by atoms with Crippen LogP contribution in [0.4, 0.5) is 0 Å². The molecule has 0 saturated carbocycles. The molecule has 9 aromatic rings. The van der Waals surface area contributed by atoms with Gasteiger partial charge in [-0.25, -0.2) is 4.98 Å². The number of hydrogen-bond acceptors (Lipinski definition) is 4. The summed E-state index contributed by atoms with van der Waals surface area (Å²) < 4.78 is 92.3. The van der Waals surface area contributed by atoms with Crippen LogP contribution in [0.1, 0.15) is 13.7 Å². The summed E-state index contributed by atoms with van der Waals surface area (Å²) >= 11 is 0. The van der Waals surface area contributed by atoms with Gasteiger partial charge in [-0.2, -0.15) is 9.97 Å². The van der Waals surface area contributed by atoms with Crippen LogP contribution in [0.25, 0.3) is 83.6 Å². The minimum absolute atomic E-state index is 0.0343. The molecule has 0 atom stereocenters. The van der Waals surface area contributed by atoms with E-state index in [0.29, 0.717) is 33.1 Å². The van der Waals surface area contributed by atoms with Crippen LogP contribution in [0.3, 0.4) is 0 Å². The molecule has 0 amide bonds. The number of benzene rings is 6. The molecule has 0 saturated heterocycles. The summed E-state index contributed by atoms with van der Waals surface area (Å²) in [5.74, 6) is 0.118. The highest BCUT2D eigenvalue weighted by molar-refractivity contribution is 6.13. The normalized spacial score (nSPS) is 14.8. The average molecular weight is 575 g/mol. The Morgan fingerprint density at radius 3 is 1.91 bits per heavy atom. The van der Waals surface area contributed by atoms with Crippen molar-refractivity contribution in [2.75, 3.05) is 0 Å². The van der Waals surface area contributed by atoms with Gasteiger partial charge in [0, 0.05) is 32.7 Å². The molecule has 44 heavy (non-hydrogen) atoms. The number of furan rings is 1. The maximum absolute atomic E-state index is 8.79. The van der Waals surface area contributed by atoms with Crippen molar-refractivity contribution in [2.24, 2.45) is 0 Å². The predicted octanol–water partition coefficient (Wildman–Crippen LogP) is 9.87. The topological polar surface area (TPSA) is 56.7 Å². The molecule has 9 rings (SSSR count). The fraction of sp³-hybridized carbons (Fsp3) is 0. The molecule has 0 aliphatic heterocycles. The van der Waals surface area contributed by atoms with Gasteiger partial charge >= 0.3 is 0 Å². The van der Waals surface area contributed by atoms with Gasteiger partial charge in [-0.1, -0.05) is 115 Å². The monoisotopic (exact) mass is 574 g/mol. The van der Waals surface area contributed by atoms with Gasteiger partial charge in [0.05, 0.1) is 24.7 Å². The van der Waals surface area contributed by atoms with Crippen LogP contribution in [0.2, 0.25) is 0 Å². The third-order valence-electron chi connectivity index (χ3n) is 7.65. The summed E-state index contributed by atoms with van der Waals surface area (Å²) in [6.07, 6.45) is 0. The van der Waals surface area contributed by atoms with Gasteiger partial charge in [0.1, 0.15) is 11.2 Å². The van der Waals surface area contributed by atoms with Crippen molar-refractivity contribution in [3.8, 4) is 39.9 Å². The summed E-state index contributed by atoms with van der Waals surface area (Å²) in [4.78, 5) is 14.6. The van der Waals surface area contributed by atoms with Gasteiger partial charge in [-0.05, 0) is 41.5 Å². The smallest absolute Gasteiger partial charge is 0.238 e. The lowest BCUT2D eigenvalue weighted by molar-refractivity contribution is 0.669. The molecule has 0 bridgehead atoms. The lowest BCUT2D eigenvalue weighted by Crippen LogP contribution is -2.06. The van der Waals surface area contributed by atoms with E-state index in [9.17, 15) is 0 Å². The molecule has 0 aliphatic carbocycles. The van der Waals surface area contributed by atoms with Crippen LogP contribution in [0, 0.1) is 0 Å². The molecule has 0 unspecified atom stereocenters. The van der Waals surface area contributed by atoms with E-state index in [0.717, 1.165) is 21.8 Å². The highest BCUT2D eigenvalue weighted by Gasteiger charge is 2.20. The van der Waals surface area contributed by atoms with Crippen LogP contribution < -0.4 is 0 Å². The van der Waals surface area contributed by atoms with Gasteiger partial charge in [0.15, 0.2) is 11.6 Å². The standard InChI is InChI=1S/C39H24N4O/c1-3-12-25(13-4-1)27-22-23-34-31(24-27)36-30(18-11-21-35(36)44-34)38-40-37(26-14-5-2-6-15-26)41-39(42-38)43-32-19-9-7-16-28(32)29-17-8-10-20-33(29)43/h1-24H/i1D,2D,3D,4D,5D,6D,12D,13D,14D,15D. The number of fused-ring (bicyclic) bond motifs is 6. The van der Waals surface area contributed by atoms with Crippen molar-refractivity contribution in [3.05, 3.63) is 145 Å². The third kappa shape index (κ3) is 3.83. The SMILES string of the molecule is [2H]c1c([2H])c([2H])c(-c2ccc3oc4cccc(-c5nc(-c6c([2H])c([2H])c([2H])c([2H])c6[2H])nc(-n6c7ccccc7c7ccccc76)n5)c4c3c2)c([2H])c1[2H]. The van der Waals surface area contributed by atoms with E-state index in [4.69, 9.17) is 33.1 Å². The molecule has 0 aliphatic rings. The molecule has 0 fully saturated rings. The van der Waals surface area contributed by atoms with Crippen molar-refractivity contribution in [1.29, 1.82) is 0 Å². The number of para-hydroxylation sites is 2. The number of aromatic nitrogens is 4. The first kappa shape index (κ1) is 16.5. The molecule has 0 radical (unpaired) electrons. The molecule has 6 aromatic carbocycles. The third-order valence-corrected chi connectivity index (χ3v) is 7.65. The van der Waals surface area contributed by atoms with Crippen LogP contribution in [0.15, 0.2) is 150 Å². The maximum Gasteiger partial charge on any atom is 0.238 e. The van der Waals surface area contributed by atoms with E-state index in [2.05, 4.69) is 0 Å². The van der Waals surface area contributed by atoms with Gasteiger partial charge in [0.25, 0.3) is 0 Å². The first-order valence-electron chi connectivity index (χ1n) is 18.8. The fourth-order valence-electron chi connectivity index (χ4n) is 5.76. The van der Waals surface area contributed by atoms with E-state index in [1.54, 1.807) is 36.4 Å². The van der Waals surface area contributed by atoms with E-state index in [1.165, 1.54) is 0 Å². The molecule has 5 heteroatoms. The number of hydrogen-bond donors (Lipinski definition) is 0. The molecule has 3 heterocycles. The van der Waals surface area contributed by atoms with Crippen molar-refractivity contribution in [2.45, 2.75) is 0 Å². The summed E-state index contributed by atoms with van der Waals surface area (Å²) in [6.45, 7) is 0. The van der Waals surface area contributed by atoms with E-state index in [1.807, 2.05) is 53.1 Å². The van der Waals surface area contributed by atoms with Gasteiger partial charge in [-0.3, -0.25) is 4.57 Å². The zero-order valence-electron chi connectivity index (χ0n) is 32.8. The largest absolute Gasteiger partial charge is 0.456 e. The minimum atomic E-state index is -0.546. The molecule has 5 nitrogen and oxygen atoms in total. The van der Waals surface area contributed by atoms with Crippen LogP contribution in [0.5, 0.6) is 0 Å². The first-order chi connectivity index (χ1) is 26.0. The summed E-state index contributed by atoms with van der Waals surface area (Å²) in [5, 5.41) is 2.96. The van der Waals surface area contributed by atoms with Crippen LogP contribution in [-0.2, 0) is 0 Å². The van der Waals surface area contributed by atoms with Crippen molar-refractivity contribution in [3.63, 3.8) is 0 Å². The quantitative estimate of drug-likeness (QED) is 0.210. The van der Waals surface area contributed by atoms with Crippen molar-refractivity contribution >= 4 is 43.7 Å². The Hall–Kier alpha value is -6.07. The van der Waals surface area contributed by atoms with E-state index in [-0.39, 0.29) is 40.8 Å². The Labute approximate surface area is 266 Å². The Bertz CT molecular complexity index is 2970. The number of rotatable bonds is 4. The number of nitrogens with zero attached hydrogens (tertiary/aromatic N) is 4. The second-order valence-corrected chi connectivity index (χ2v) is 10.1. The van der Waals surface area contributed by atoms with Crippen molar-refractivity contribution in [1.82, 2.24) is 19.5 Å². The summed E-state index contributed by atoms with van der Waals surface area (Å²) in [5.41, 5.74) is 3.13. The average Bonchev–Trinajstić information content (AvgIpc) is 3.73. The molecular formula is C39H24N4O. The molecule has 0 N–H and O–H groups in total. The second kappa shape index (κ2) is 9.75. The molecule has 0 spiro atoms. The van der Waals surface area contributed by atoms with Gasteiger partial charge in [0.2, 0.25) is 5.95 Å². The zero-order valence-corrected chi connectivity index (χ0v) is 22.8. The van der Waals surface area contributed by atoms with Gasteiger partial charge < -0.3 is 4.42 Å². The van der Waals surface area contributed by atoms with Gasteiger partial charge in [-0.15, -0.1) is 0 Å². The highest BCUT2D eigenvalue weighted by Crippen LogP contribution is 2.38. The maximum atomic E-state index is 8.79. The zero-order chi connectivity index (χ0) is 37.7. The lowest BCUT2D eigenvalue weighted by Gasteiger charge is -2.11. The summed E-state index contributed by atoms with van der Waals surface area (Å²) in [6, 6.07) is 21.1. The fourth-order valence-corrected chi connectivity index (χ4v) is 5.76. The second-order valence-electron chi connectivity index (χ2n) is 10.1. The Balaban J connectivity index is 1.37. The van der Waals surface area contributed by atoms with Crippen LogP contribution in [-0.4, -0.2) is 19.5 Å². The van der Waals surface area contributed by atoms with E-state index >= 15 is 0 Å².